The van der Waals surface area contributed by atoms with Gasteiger partial charge in [-0.3, -0.25) is 0 Å². The van der Waals surface area contributed by atoms with Crippen LogP contribution in [0.5, 0.6) is 0 Å². The van der Waals surface area contributed by atoms with Crippen molar-refractivity contribution in [2.75, 3.05) is 0 Å². The summed E-state index contributed by atoms with van der Waals surface area (Å²) in [6.45, 7) is 4.69. The molecular weight excluding hydrogens is 779 g/mol. The van der Waals surface area contributed by atoms with Crippen molar-refractivity contribution in [3.05, 3.63) is 223 Å². The van der Waals surface area contributed by atoms with Crippen molar-refractivity contribution in [2.24, 2.45) is 0 Å². The van der Waals surface area contributed by atoms with Crippen molar-refractivity contribution in [3.8, 4) is 89.8 Å². The molecule has 4 nitrogen and oxygen atoms in total. The average molecular weight is 820 g/mol. The first-order valence-corrected chi connectivity index (χ1v) is 21.8. The number of benzene rings is 9. The zero-order valence-electron chi connectivity index (χ0n) is 35.5. The van der Waals surface area contributed by atoms with E-state index in [0.29, 0.717) is 17.5 Å². The van der Waals surface area contributed by atoms with E-state index >= 15 is 0 Å². The lowest BCUT2D eigenvalue weighted by Gasteiger charge is -2.24. The van der Waals surface area contributed by atoms with E-state index < -0.39 is 0 Å². The fourth-order valence-corrected chi connectivity index (χ4v) is 9.81. The lowest BCUT2D eigenvalue weighted by Crippen LogP contribution is -2.16. The van der Waals surface area contributed by atoms with Gasteiger partial charge in [0.25, 0.3) is 0 Å². The summed E-state index contributed by atoms with van der Waals surface area (Å²) in [4.78, 5) is 15.7. The molecule has 1 aliphatic carbocycles. The number of hydrogen-bond acceptors (Lipinski definition) is 4. The third-order valence-electron chi connectivity index (χ3n) is 12.9. The Morgan fingerprint density at radius 3 is 1.48 bits per heavy atom. The Morgan fingerprint density at radius 1 is 0.328 bits per heavy atom. The van der Waals surface area contributed by atoms with Crippen molar-refractivity contribution < 1.29 is 4.42 Å². The van der Waals surface area contributed by atoms with Crippen LogP contribution in [0.4, 0.5) is 0 Å². The van der Waals surface area contributed by atoms with Crippen LogP contribution in [0.1, 0.15) is 25.0 Å². The van der Waals surface area contributed by atoms with E-state index in [4.69, 9.17) is 19.4 Å². The Bertz CT molecular complexity index is 3470. The molecule has 0 saturated carbocycles. The topological polar surface area (TPSA) is 51.8 Å². The standard InChI is InChI=1S/C60H41N3O/c1-60(2)52-27-10-9-23-48(52)49-25-13-24-47(56(49)60)41-31-29-40(30-32-41)44-33-34-53-51(37-44)55-50(26-14-28-54(55)64-53)59-62-57(45-21-11-19-42(35-45)38-15-5-3-6-16-38)61-58(63-59)46-22-12-20-43(36-46)39-17-7-4-8-18-39/h3-37H,1-2H3. The van der Waals surface area contributed by atoms with Crippen LogP contribution >= 0.6 is 0 Å². The van der Waals surface area contributed by atoms with Gasteiger partial charge in [0.15, 0.2) is 17.5 Å². The molecule has 0 bridgehead atoms. The normalized spacial score (nSPS) is 12.7. The molecule has 0 atom stereocenters. The molecule has 0 amide bonds. The van der Waals surface area contributed by atoms with Gasteiger partial charge in [0.2, 0.25) is 0 Å². The van der Waals surface area contributed by atoms with Crippen LogP contribution < -0.4 is 0 Å². The number of hydrogen-bond donors (Lipinski definition) is 0. The van der Waals surface area contributed by atoms with Crippen molar-refractivity contribution >= 4 is 21.9 Å². The molecule has 2 heterocycles. The summed E-state index contributed by atoms with van der Waals surface area (Å²) in [5.41, 5.74) is 18.8. The molecule has 0 saturated heterocycles. The van der Waals surface area contributed by atoms with E-state index in [1.54, 1.807) is 0 Å². The second-order valence-corrected chi connectivity index (χ2v) is 17.2. The summed E-state index contributed by atoms with van der Waals surface area (Å²) in [5, 5.41) is 1.98. The van der Waals surface area contributed by atoms with Crippen LogP contribution in [0.15, 0.2) is 217 Å². The molecule has 0 radical (unpaired) electrons. The zero-order chi connectivity index (χ0) is 42.8. The molecule has 4 heteroatoms. The van der Waals surface area contributed by atoms with Gasteiger partial charge in [-0.25, -0.2) is 15.0 Å². The Morgan fingerprint density at radius 2 is 0.797 bits per heavy atom. The molecule has 0 aliphatic heterocycles. The lowest BCUT2D eigenvalue weighted by atomic mass is 9.79. The highest BCUT2D eigenvalue weighted by Crippen LogP contribution is 2.52. The fraction of sp³-hybridized carbons (Fsp3) is 0.0500. The molecule has 0 unspecified atom stereocenters. The van der Waals surface area contributed by atoms with Gasteiger partial charge in [0.1, 0.15) is 11.2 Å². The van der Waals surface area contributed by atoms with Crippen LogP contribution in [0.3, 0.4) is 0 Å². The molecule has 302 valence electrons. The Kier molecular flexibility index (Phi) is 8.80. The van der Waals surface area contributed by atoms with E-state index in [2.05, 4.69) is 202 Å². The van der Waals surface area contributed by atoms with Gasteiger partial charge in [0, 0.05) is 32.9 Å². The molecule has 0 spiro atoms. The predicted octanol–water partition coefficient (Wildman–Crippen LogP) is 15.7. The SMILES string of the molecule is CC1(C)c2ccccc2-c2cccc(-c3ccc(-c4ccc5oc6cccc(-c7nc(-c8cccc(-c9ccccc9)c8)nc(-c8cccc(-c9ccccc9)c8)n7)c6c5c4)cc3)c21. The minimum atomic E-state index is -0.0925. The second-order valence-electron chi connectivity index (χ2n) is 17.2. The van der Waals surface area contributed by atoms with Gasteiger partial charge in [-0.15, -0.1) is 0 Å². The number of furan rings is 1. The van der Waals surface area contributed by atoms with Gasteiger partial charge in [-0.2, -0.15) is 0 Å². The molecule has 12 rings (SSSR count). The molecule has 2 aromatic heterocycles. The predicted molar refractivity (Wildman–Crippen MR) is 263 cm³/mol. The van der Waals surface area contributed by atoms with Crippen LogP contribution in [0.25, 0.3) is 112 Å². The Labute approximate surface area is 372 Å². The Balaban J connectivity index is 0.975. The van der Waals surface area contributed by atoms with Crippen LogP contribution in [-0.4, -0.2) is 15.0 Å². The monoisotopic (exact) mass is 819 g/mol. The lowest BCUT2D eigenvalue weighted by molar-refractivity contribution is 0.662. The van der Waals surface area contributed by atoms with Crippen LogP contribution in [0, 0.1) is 0 Å². The fourth-order valence-electron chi connectivity index (χ4n) is 9.81. The first-order chi connectivity index (χ1) is 31.5. The van der Waals surface area contributed by atoms with Crippen molar-refractivity contribution in [1.29, 1.82) is 0 Å². The van der Waals surface area contributed by atoms with Gasteiger partial charge >= 0.3 is 0 Å². The zero-order valence-corrected chi connectivity index (χ0v) is 35.5. The van der Waals surface area contributed by atoms with Crippen molar-refractivity contribution in [3.63, 3.8) is 0 Å². The first-order valence-electron chi connectivity index (χ1n) is 21.8. The van der Waals surface area contributed by atoms with E-state index in [9.17, 15) is 0 Å². The summed E-state index contributed by atoms with van der Waals surface area (Å²) in [6.07, 6.45) is 0. The molecule has 1 aliphatic rings. The highest BCUT2D eigenvalue weighted by Gasteiger charge is 2.37. The van der Waals surface area contributed by atoms with E-state index in [1.807, 2.05) is 24.3 Å². The van der Waals surface area contributed by atoms with Gasteiger partial charge in [-0.1, -0.05) is 196 Å². The van der Waals surface area contributed by atoms with Crippen molar-refractivity contribution in [1.82, 2.24) is 15.0 Å². The minimum Gasteiger partial charge on any atom is -0.456 e. The largest absolute Gasteiger partial charge is 0.456 e. The smallest absolute Gasteiger partial charge is 0.164 e. The summed E-state index contributed by atoms with van der Waals surface area (Å²) < 4.78 is 6.56. The highest BCUT2D eigenvalue weighted by atomic mass is 16.3. The number of nitrogens with zero attached hydrogens (tertiary/aromatic N) is 3. The number of aromatic nitrogens is 3. The molecule has 0 N–H and O–H groups in total. The molecule has 64 heavy (non-hydrogen) atoms. The number of fused-ring (bicyclic) bond motifs is 6. The van der Waals surface area contributed by atoms with Gasteiger partial charge < -0.3 is 4.42 Å². The summed E-state index contributed by atoms with van der Waals surface area (Å²) in [6, 6.07) is 74.9. The summed E-state index contributed by atoms with van der Waals surface area (Å²) in [5.74, 6) is 1.79. The highest BCUT2D eigenvalue weighted by molar-refractivity contribution is 6.13. The second kappa shape index (κ2) is 15.0. The summed E-state index contributed by atoms with van der Waals surface area (Å²) in [7, 11) is 0. The quantitative estimate of drug-likeness (QED) is 0.161. The number of rotatable bonds is 7. The van der Waals surface area contributed by atoms with Crippen molar-refractivity contribution in [2.45, 2.75) is 19.3 Å². The van der Waals surface area contributed by atoms with Crippen LogP contribution in [0.2, 0.25) is 0 Å². The molecule has 0 fully saturated rings. The third-order valence-corrected chi connectivity index (χ3v) is 12.9. The van der Waals surface area contributed by atoms with Crippen LogP contribution in [-0.2, 0) is 5.41 Å². The first kappa shape index (κ1) is 37.5. The molecule has 9 aromatic carbocycles. The maximum Gasteiger partial charge on any atom is 0.164 e. The minimum absolute atomic E-state index is 0.0925. The maximum atomic E-state index is 6.56. The molecular formula is C60H41N3O. The Hall–Kier alpha value is -8.21. The maximum absolute atomic E-state index is 6.56. The average Bonchev–Trinajstić information content (AvgIpc) is 3.86. The van der Waals surface area contributed by atoms with E-state index in [-0.39, 0.29) is 5.41 Å². The van der Waals surface area contributed by atoms with E-state index in [0.717, 1.165) is 72.0 Å². The molecule has 11 aromatic rings. The van der Waals surface area contributed by atoms with E-state index in [1.165, 1.54) is 33.4 Å². The summed E-state index contributed by atoms with van der Waals surface area (Å²) >= 11 is 0. The third kappa shape index (κ3) is 6.34. The van der Waals surface area contributed by atoms with Gasteiger partial charge in [0.05, 0.1) is 0 Å². The van der Waals surface area contributed by atoms with Gasteiger partial charge in [-0.05, 0) is 97.1 Å².